The Balaban J connectivity index is 2.05. The molecule has 0 bridgehead atoms. The molecule has 2 aromatic heterocycles. The van der Waals surface area contributed by atoms with E-state index in [1.165, 1.54) is 36.2 Å². The van der Waals surface area contributed by atoms with Gasteiger partial charge in [-0.3, -0.25) is 4.98 Å². The third kappa shape index (κ3) is 2.69. The van der Waals surface area contributed by atoms with Crippen LogP contribution in [0.2, 0.25) is 0 Å². The van der Waals surface area contributed by atoms with E-state index >= 15 is 0 Å². The lowest BCUT2D eigenvalue weighted by Crippen LogP contribution is -2.12. The Kier molecular flexibility index (Phi) is 4.07. The summed E-state index contributed by atoms with van der Waals surface area (Å²) in [6.07, 6.45) is 7.20. The number of nitrogens with zero attached hydrogens (tertiary/aromatic N) is 3. The molecule has 3 nitrogen and oxygen atoms in total. The molecule has 0 spiro atoms. The number of aryl methyl sites for hydroxylation is 4. The van der Waals surface area contributed by atoms with Crippen LogP contribution in [0.1, 0.15) is 61.9 Å². The van der Waals surface area contributed by atoms with Gasteiger partial charge >= 0.3 is 0 Å². The summed E-state index contributed by atoms with van der Waals surface area (Å²) in [5, 5.41) is 0. The third-order valence-electron chi connectivity index (χ3n) is 5.00. The SMILES string of the molecule is CCc1nc(-c2cc(C)c(C)nc2C)cn1C(CC)C1CC1. The van der Waals surface area contributed by atoms with Crippen molar-refractivity contribution in [3.8, 4) is 11.3 Å². The second-order valence-corrected chi connectivity index (χ2v) is 6.64. The fourth-order valence-electron chi connectivity index (χ4n) is 3.43. The van der Waals surface area contributed by atoms with Crippen LogP contribution in [-0.2, 0) is 6.42 Å². The van der Waals surface area contributed by atoms with E-state index in [0.717, 1.165) is 29.4 Å². The number of aromatic nitrogens is 3. The minimum atomic E-state index is 0.621. The van der Waals surface area contributed by atoms with E-state index in [9.17, 15) is 0 Å². The average molecular weight is 297 g/mol. The van der Waals surface area contributed by atoms with Gasteiger partial charge < -0.3 is 4.57 Å². The molecule has 0 saturated heterocycles. The van der Waals surface area contributed by atoms with Crippen molar-refractivity contribution in [2.45, 2.75) is 66.3 Å². The third-order valence-corrected chi connectivity index (χ3v) is 5.00. The second-order valence-electron chi connectivity index (χ2n) is 6.64. The summed E-state index contributed by atoms with van der Waals surface area (Å²) in [5.41, 5.74) is 5.70. The Morgan fingerprint density at radius 1 is 1.14 bits per heavy atom. The highest BCUT2D eigenvalue weighted by atomic mass is 15.1. The smallest absolute Gasteiger partial charge is 0.109 e. The van der Waals surface area contributed by atoms with Crippen molar-refractivity contribution in [3.05, 3.63) is 35.0 Å². The molecule has 1 atom stereocenters. The van der Waals surface area contributed by atoms with Crippen LogP contribution >= 0.6 is 0 Å². The molecule has 1 fully saturated rings. The minimum Gasteiger partial charge on any atom is -0.331 e. The van der Waals surface area contributed by atoms with Crippen molar-refractivity contribution >= 4 is 0 Å². The zero-order valence-corrected chi connectivity index (χ0v) is 14.5. The lowest BCUT2D eigenvalue weighted by molar-refractivity contribution is 0.419. The quantitative estimate of drug-likeness (QED) is 0.794. The largest absolute Gasteiger partial charge is 0.331 e. The molecule has 3 rings (SSSR count). The number of rotatable bonds is 5. The van der Waals surface area contributed by atoms with Gasteiger partial charge in [0.05, 0.1) is 5.69 Å². The molecule has 2 aromatic rings. The van der Waals surface area contributed by atoms with Crippen molar-refractivity contribution < 1.29 is 0 Å². The maximum atomic E-state index is 4.93. The van der Waals surface area contributed by atoms with E-state index in [4.69, 9.17) is 4.98 Å². The van der Waals surface area contributed by atoms with Crippen LogP contribution in [-0.4, -0.2) is 14.5 Å². The molecule has 0 N–H and O–H groups in total. The van der Waals surface area contributed by atoms with Gasteiger partial charge in [0.15, 0.2) is 0 Å². The van der Waals surface area contributed by atoms with Crippen LogP contribution in [0, 0.1) is 26.7 Å². The molecule has 1 aliphatic rings. The lowest BCUT2D eigenvalue weighted by Gasteiger charge is -2.18. The van der Waals surface area contributed by atoms with Crippen molar-refractivity contribution in [2.24, 2.45) is 5.92 Å². The Morgan fingerprint density at radius 3 is 2.45 bits per heavy atom. The van der Waals surface area contributed by atoms with Gasteiger partial charge in [0.2, 0.25) is 0 Å². The van der Waals surface area contributed by atoms with Gasteiger partial charge in [-0.05, 0) is 57.6 Å². The summed E-state index contributed by atoms with van der Waals surface area (Å²) in [6, 6.07) is 2.86. The van der Waals surface area contributed by atoms with Gasteiger partial charge in [0.1, 0.15) is 5.82 Å². The number of hydrogen-bond donors (Lipinski definition) is 0. The van der Waals surface area contributed by atoms with Crippen molar-refractivity contribution in [1.29, 1.82) is 0 Å². The van der Waals surface area contributed by atoms with Crippen LogP contribution in [0.4, 0.5) is 0 Å². The molecule has 2 heterocycles. The maximum absolute atomic E-state index is 4.93. The first-order valence-electron chi connectivity index (χ1n) is 8.58. The fourth-order valence-corrected chi connectivity index (χ4v) is 3.43. The average Bonchev–Trinajstić information content (AvgIpc) is 3.23. The Labute approximate surface area is 133 Å². The van der Waals surface area contributed by atoms with Crippen molar-refractivity contribution in [2.75, 3.05) is 0 Å². The molecule has 22 heavy (non-hydrogen) atoms. The molecule has 0 amide bonds. The van der Waals surface area contributed by atoms with E-state index in [1.54, 1.807) is 0 Å². The standard InChI is InChI=1S/C19H27N3/c1-6-18(15-8-9-15)22-11-17(21-19(22)7-2)16-10-12(3)13(4)20-14(16)5/h10-11,15,18H,6-9H2,1-5H3. The Hall–Kier alpha value is -1.64. The van der Waals surface area contributed by atoms with E-state index in [2.05, 4.69) is 56.4 Å². The predicted molar refractivity (Wildman–Crippen MR) is 91.1 cm³/mol. The minimum absolute atomic E-state index is 0.621. The first-order valence-corrected chi connectivity index (χ1v) is 8.58. The fraction of sp³-hybridized carbons (Fsp3) is 0.579. The first kappa shape index (κ1) is 15.3. The number of hydrogen-bond acceptors (Lipinski definition) is 2. The van der Waals surface area contributed by atoms with Crippen LogP contribution in [0.5, 0.6) is 0 Å². The van der Waals surface area contributed by atoms with Gasteiger partial charge in [-0.1, -0.05) is 13.8 Å². The monoisotopic (exact) mass is 297 g/mol. The maximum Gasteiger partial charge on any atom is 0.109 e. The number of imidazole rings is 1. The van der Waals surface area contributed by atoms with Gasteiger partial charge in [-0.15, -0.1) is 0 Å². The predicted octanol–water partition coefficient (Wildman–Crippen LogP) is 4.79. The molecule has 118 valence electrons. The Morgan fingerprint density at radius 2 is 1.86 bits per heavy atom. The summed E-state index contributed by atoms with van der Waals surface area (Å²) in [6.45, 7) is 10.8. The van der Waals surface area contributed by atoms with Gasteiger partial charge in [-0.2, -0.15) is 0 Å². The van der Waals surface area contributed by atoms with Crippen LogP contribution in [0.25, 0.3) is 11.3 Å². The molecule has 0 aromatic carbocycles. The summed E-state index contributed by atoms with van der Waals surface area (Å²) >= 11 is 0. The first-order chi connectivity index (χ1) is 10.5. The van der Waals surface area contributed by atoms with E-state index in [1.807, 2.05) is 0 Å². The van der Waals surface area contributed by atoms with Crippen molar-refractivity contribution in [3.63, 3.8) is 0 Å². The highest BCUT2D eigenvalue weighted by Gasteiger charge is 2.32. The second kappa shape index (κ2) is 5.86. The van der Waals surface area contributed by atoms with Crippen LogP contribution < -0.4 is 0 Å². The highest BCUT2D eigenvalue weighted by molar-refractivity contribution is 5.62. The summed E-state index contributed by atoms with van der Waals surface area (Å²) in [4.78, 5) is 9.61. The van der Waals surface area contributed by atoms with Gasteiger partial charge in [0, 0.05) is 35.6 Å². The summed E-state index contributed by atoms with van der Waals surface area (Å²) in [5.74, 6) is 2.07. The summed E-state index contributed by atoms with van der Waals surface area (Å²) < 4.78 is 2.45. The van der Waals surface area contributed by atoms with Gasteiger partial charge in [0.25, 0.3) is 0 Å². The van der Waals surface area contributed by atoms with E-state index in [-0.39, 0.29) is 0 Å². The summed E-state index contributed by atoms with van der Waals surface area (Å²) in [7, 11) is 0. The molecule has 0 radical (unpaired) electrons. The topological polar surface area (TPSA) is 30.7 Å². The molecule has 3 heteroatoms. The van der Waals surface area contributed by atoms with E-state index < -0.39 is 0 Å². The normalized spacial score (nSPS) is 16.0. The van der Waals surface area contributed by atoms with Crippen LogP contribution in [0.3, 0.4) is 0 Å². The molecule has 0 aliphatic heterocycles. The molecule has 1 saturated carbocycles. The van der Waals surface area contributed by atoms with Crippen LogP contribution in [0.15, 0.2) is 12.3 Å². The lowest BCUT2D eigenvalue weighted by atomic mass is 10.1. The highest BCUT2D eigenvalue weighted by Crippen LogP contribution is 2.42. The van der Waals surface area contributed by atoms with Gasteiger partial charge in [-0.25, -0.2) is 4.98 Å². The number of pyridine rings is 1. The zero-order chi connectivity index (χ0) is 15.9. The molecule has 1 aliphatic carbocycles. The molecular formula is C19H27N3. The zero-order valence-electron chi connectivity index (χ0n) is 14.5. The Bertz CT molecular complexity index is 680. The van der Waals surface area contributed by atoms with Crippen molar-refractivity contribution in [1.82, 2.24) is 14.5 Å². The molecular weight excluding hydrogens is 270 g/mol. The van der Waals surface area contributed by atoms with E-state index in [0.29, 0.717) is 6.04 Å². The molecule has 1 unspecified atom stereocenters.